The molecule has 1 atom stereocenters. The molecule has 0 radical (unpaired) electrons. The van der Waals surface area contributed by atoms with Crippen LogP contribution < -0.4 is 5.73 Å². The molecule has 1 unspecified atom stereocenters. The molecule has 14 heavy (non-hydrogen) atoms. The van der Waals surface area contributed by atoms with Gasteiger partial charge in [-0.25, -0.2) is 4.21 Å². The van der Waals surface area contributed by atoms with Crippen LogP contribution in [0.2, 0.25) is 0 Å². The minimum Gasteiger partial charge on any atom is -0.398 e. The third-order valence-corrected chi connectivity index (χ3v) is 3.16. The first kappa shape index (κ1) is 11.1. The van der Waals surface area contributed by atoms with Crippen LogP contribution in [-0.4, -0.2) is 14.5 Å². The summed E-state index contributed by atoms with van der Waals surface area (Å²) in [6.45, 7) is 1.39. The lowest BCUT2D eigenvalue weighted by molar-refractivity contribution is 0.101. The molecule has 1 rings (SSSR count). The van der Waals surface area contributed by atoms with E-state index in [1.165, 1.54) is 25.1 Å². The summed E-state index contributed by atoms with van der Waals surface area (Å²) in [5, 5.41) is 0. The number of benzene rings is 1. The topological polar surface area (TPSA) is 80.4 Å². The summed E-state index contributed by atoms with van der Waals surface area (Å²) in [5.41, 5.74) is 5.95. The quantitative estimate of drug-likeness (QED) is 0.587. The monoisotopic (exact) mass is 231 g/mol. The molecule has 0 aliphatic heterocycles. The molecule has 0 aliphatic rings. The normalized spacial score (nSPS) is 14.7. The van der Waals surface area contributed by atoms with Crippen molar-refractivity contribution in [2.24, 2.45) is 0 Å². The van der Waals surface area contributed by atoms with Crippen LogP contribution in [0.5, 0.6) is 0 Å². The number of hydrogen-bond donors (Lipinski definition) is 2. The van der Waals surface area contributed by atoms with E-state index in [1.54, 1.807) is 0 Å². The summed E-state index contributed by atoms with van der Waals surface area (Å²) in [4.78, 5) is 10.9. The molecule has 0 fully saturated rings. The molecule has 0 saturated carbocycles. The first-order valence-corrected chi connectivity index (χ1v) is 6.14. The molecule has 0 bridgehead atoms. The number of nitrogen functional groups attached to an aromatic ring is 1. The zero-order valence-electron chi connectivity index (χ0n) is 7.39. The first-order valence-electron chi connectivity index (χ1n) is 3.70. The van der Waals surface area contributed by atoms with Gasteiger partial charge in [0.1, 0.15) is 0 Å². The maximum Gasteiger partial charge on any atom is 0.173 e. The highest BCUT2D eigenvalue weighted by atomic mass is 32.8. The van der Waals surface area contributed by atoms with Crippen molar-refractivity contribution in [2.75, 3.05) is 5.73 Å². The van der Waals surface area contributed by atoms with Crippen LogP contribution >= 0.6 is 0 Å². The predicted molar refractivity (Wildman–Crippen MR) is 57.3 cm³/mol. The number of carbonyl (C=O) groups is 1. The van der Waals surface area contributed by atoms with Gasteiger partial charge in [-0.3, -0.25) is 4.79 Å². The Kier molecular flexibility index (Phi) is 2.89. The molecule has 0 aliphatic carbocycles. The summed E-state index contributed by atoms with van der Waals surface area (Å²) in [5.74, 6) is -0.156. The smallest absolute Gasteiger partial charge is 0.173 e. The average molecular weight is 231 g/mol. The molecule has 4 nitrogen and oxygen atoms in total. The maximum absolute atomic E-state index is 11.1. The predicted octanol–water partition coefficient (Wildman–Crippen LogP) is 1.05. The van der Waals surface area contributed by atoms with Crippen LogP contribution in [-0.2, 0) is 20.0 Å². The molecule has 0 spiro atoms. The summed E-state index contributed by atoms with van der Waals surface area (Å²) in [6, 6.07) is 4.08. The van der Waals surface area contributed by atoms with E-state index in [-0.39, 0.29) is 16.4 Å². The Bertz CT molecular complexity index is 479. The van der Waals surface area contributed by atoms with Gasteiger partial charge in [-0.05, 0) is 25.1 Å². The Morgan fingerprint density at radius 3 is 2.50 bits per heavy atom. The van der Waals surface area contributed by atoms with Gasteiger partial charge in [0.2, 0.25) is 0 Å². The third-order valence-electron chi connectivity index (χ3n) is 1.69. The first-order chi connectivity index (χ1) is 6.32. The minimum absolute atomic E-state index is 0.0162. The van der Waals surface area contributed by atoms with Gasteiger partial charge in [0, 0.05) is 16.8 Å². The minimum atomic E-state index is -3.48. The third kappa shape index (κ3) is 2.28. The van der Waals surface area contributed by atoms with Crippen LogP contribution in [0, 0.1) is 0 Å². The highest BCUT2D eigenvalue weighted by Crippen LogP contribution is 2.19. The summed E-state index contributed by atoms with van der Waals surface area (Å²) >= 11 is 4.37. The second-order valence-electron chi connectivity index (χ2n) is 2.78. The molecular weight excluding hydrogens is 222 g/mol. The highest BCUT2D eigenvalue weighted by molar-refractivity contribution is 8.29. The number of nitrogens with two attached hydrogens (primary N) is 1. The number of Topliss-reactive ketones (excluding diaryl/α,β-unsaturated/α-hetero) is 1. The van der Waals surface area contributed by atoms with Gasteiger partial charge in [-0.2, -0.15) is 0 Å². The Morgan fingerprint density at radius 1 is 1.57 bits per heavy atom. The van der Waals surface area contributed by atoms with E-state index in [9.17, 15) is 9.00 Å². The second-order valence-corrected chi connectivity index (χ2v) is 5.53. The molecule has 1 aromatic carbocycles. The van der Waals surface area contributed by atoms with Crippen molar-refractivity contribution in [3.05, 3.63) is 23.8 Å². The SMILES string of the molecule is CC(=O)c1ccc(S(=O)(O)=S)c(N)c1. The van der Waals surface area contributed by atoms with Crippen molar-refractivity contribution < 1.29 is 13.6 Å². The van der Waals surface area contributed by atoms with Crippen LogP contribution in [0.25, 0.3) is 0 Å². The van der Waals surface area contributed by atoms with Gasteiger partial charge in [0.25, 0.3) is 0 Å². The number of hydrogen-bond acceptors (Lipinski definition) is 4. The lowest BCUT2D eigenvalue weighted by Crippen LogP contribution is -2.03. The Balaban J connectivity index is 3.35. The van der Waals surface area contributed by atoms with E-state index in [0.29, 0.717) is 5.56 Å². The Labute approximate surface area is 86.6 Å². The molecule has 76 valence electrons. The van der Waals surface area contributed by atoms with Gasteiger partial charge in [-0.1, -0.05) is 0 Å². The van der Waals surface area contributed by atoms with E-state index >= 15 is 0 Å². The number of ketones is 1. The molecular formula is C8H9NO3S2. The molecule has 6 heteroatoms. The maximum atomic E-state index is 11.1. The number of rotatable bonds is 2. The van der Waals surface area contributed by atoms with Crippen LogP contribution in [0.4, 0.5) is 5.69 Å². The summed E-state index contributed by atoms with van der Waals surface area (Å²) in [7, 11) is -3.48. The fraction of sp³-hybridized carbons (Fsp3) is 0.125. The number of anilines is 1. The van der Waals surface area contributed by atoms with E-state index in [0.717, 1.165) is 0 Å². The Morgan fingerprint density at radius 2 is 2.14 bits per heavy atom. The number of carbonyl (C=O) groups excluding carboxylic acids is 1. The zero-order chi connectivity index (χ0) is 10.9. The fourth-order valence-electron chi connectivity index (χ4n) is 1.00. The Hall–Kier alpha value is -0.980. The molecule has 3 N–H and O–H groups in total. The van der Waals surface area contributed by atoms with Crippen molar-refractivity contribution in [3.8, 4) is 0 Å². The van der Waals surface area contributed by atoms with Gasteiger partial charge < -0.3 is 10.3 Å². The van der Waals surface area contributed by atoms with Crippen LogP contribution in [0.15, 0.2) is 23.1 Å². The van der Waals surface area contributed by atoms with Gasteiger partial charge >= 0.3 is 0 Å². The lowest BCUT2D eigenvalue weighted by atomic mass is 10.1. The highest BCUT2D eigenvalue weighted by Gasteiger charge is 2.11. The van der Waals surface area contributed by atoms with Gasteiger partial charge in [0.05, 0.1) is 10.6 Å². The van der Waals surface area contributed by atoms with Crippen molar-refractivity contribution in [1.29, 1.82) is 0 Å². The van der Waals surface area contributed by atoms with Crippen molar-refractivity contribution >= 4 is 31.4 Å². The van der Waals surface area contributed by atoms with E-state index in [4.69, 9.17) is 10.3 Å². The average Bonchev–Trinajstić information content (AvgIpc) is 2.01. The lowest BCUT2D eigenvalue weighted by Gasteiger charge is -2.05. The molecule has 0 amide bonds. The van der Waals surface area contributed by atoms with Gasteiger partial charge in [-0.15, -0.1) is 0 Å². The fourth-order valence-corrected chi connectivity index (χ4v) is 2.05. The zero-order valence-corrected chi connectivity index (χ0v) is 9.02. The molecule has 0 heterocycles. The largest absolute Gasteiger partial charge is 0.398 e. The van der Waals surface area contributed by atoms with Crippen LogP contribution in [0.3, 0.4) is 0 Å². The van der Waals surface area contributed by atoms with Crippen molar-refractivity contribution in [2.45, 2.75) is 11.8 Å². The van der Waals surface area contributed by atoms with Crippen LogP contribution in [0.1, 0.15) is 17.3 Å². The summed E-state index contributed by atoms with van der Waals surface area (Å²) < 4.78 is 20.2. The molecule has 0 saturated heterocycles. The van der Waals surface area contributed by atoms with E-state index in [1.807, 2.05) is 0 Å². The molecule has 1 aromatic rings. The molecule has 0 aromatic heterocycles. The van der Waals surface area contributed by atoms with E-state index in [2.05, 4.69) is 11.2 Å². The second kappa shape index (κ2) is 3.64. The summed E-state index contributed by atoms with van der Waals surface area (Å²) in [6.07, 6.45) is 0. The van der Waals surface area contributed by atoms with Crippen molar-refractivity contribution in [1.82, 2.24) is 0 Å². The van der Waals surface area contributed by atoms with E-state index < -0.39 is 8.77 Å². The van der Waals surface area contributed by atoms with Crippen molar-refractivity contribution in [3.63, 3.8) is 0 Å². The van der Waals surface area contributed by atoms with Gasteiger partial charge in [0.15, 0.2) is 14.6 Å². The standard InChI is InChI=1S/C8H9NO3S2/c1-5(10)6-2-3-8(7(9)4-6)14(11,12)13/h2-4H,9H2,1H3,(H,11,12,13).